The Bertz CT molecular complexity index is 504. The molecule has 0 radical (unpaired) electrons. The minimum absolute atomic E-state index is 0.0420. The summed E-state index contributed by atoms with van der Waals surface area (Å²) in [6.45, 7) is 0.164. The van der Waals surface area contributed by atoms with Crippen molar-refractivity contribution in [3.8, 4) is 0 Å². The smallest absolute Gasteiger partial charge is 0.428 e. The van der Waals surface area contributed by atoms with Gasteiger partial charge in [-0.15, -0.1) is 0 Å². The lowest BCUT2D eigenvalue weighted by atomic mass is 9.94. The van der Waals surface area contributed by atoms with Crippen LogP contribution in [0.4, 0.5) is 4.79 Å². The molecule has 4 fully saturated rings. The average molecular weight is 507 g/mol. The first-order chi connectivity index (χ1) is 17.1. The first kappa shape index (κ1) is 30.2. The van der Waals surface area contributed by atoms with E-state index in [1.54, 1.807) is 0 Å². The molecule has 4 aliphatic rings. The van der Waals surface area contributed by atoms with Crippen LogP contribution in [0.15, 0.2) is 0 Å². The number of aliphatic hydroxyl groups excluding tert-OH is 4. The Morgan fingerprint density at radius 2 is 0.943 bits per heavy atom. The van der Waals surface area contributed by atoms with Gasteiger partial charge in [0.25, 0.3) is 0 Å². The van der Waals surface area contributed by atoms with Crippen LogP contribution in [0.3, 0.4) is 0 Å². The van der Waals surface area contributed by atoms with Crippen LogP contribution in [0.25, 0.3) is 0 Å². The van der Waals surface area contributed by atoms with Gasteiger partial charge in [-0.3, -0.25) is 0 Å². The van der Waals surface area contributed by atoms with Crippen LogP contribution in [-0.4, -0.2) is 103 Å². The van der Waals surface area contributed by atoms with Crippen LogP contribution < -0.4 is 0 Å². The van der Waals surface area contributed by atoms with Crippen LogP contribution in [-0.2, 0) is 23.7 Å². The molecule has 0 bridgehead atoms. The lowest BCUT2D eigenvalue weighted by Gasteiger charge is -2.33. The van der Waals surface area contributed by atoms with Gasteiger partial charge in [0.1, 0.15) is 12.2 Å². The van der Waals surface area contributed by atoms with E-state index in [-0.39, 0.29) is 64.1 Å². The first-order valence-corrected chi connectivity index (χ1v) is 13.3. The molecule has 206 valence electrons. The SMILES string of the molecule is C1CCC2OC2C1.O=C(OC1CCCCC1OCCO)OC1CCCCC1OCCO.OCCO. The van der Waals surface area contributed by atoms with Crippen molar-refractivity contribution in [1.29, 1.82) is 0 Å². The fraction of sp³-hybridized carbons (Fsp3) is 0.960. The molecule has 0 aromatic rings. The van der Waals surface area contributed by atoms with E-state index in [1.807, 2.05) is 0 Å². The Hall–Kier alpha value is -1.01. The maximum Gasteiger partial charge on any atom is 0.509 e. The molecule has 4 N–H and O–H groups in total. The molecule has 1 saturated heterocycles. The number of carbonyl (C=O) groups excluding carboxylic acids is 1. The normalized spacial score (nSPS) is 31.5. The molecule has 1 aliphatic heterocycles. The molecule has 4 rings (SSSR count). The van der Waals surface area contributed by atoms with Crippen LogP contribution >= 0.6 is 0 Å². The second-order valence-corrected chi connectivity index (χ2v) is 9.34. The largest absolute Gasteiger partial charge is 0.509 e. The van der Waals surface area contributed by atoms with E-state index in [0.717, 1.165) is 51.4 Å². The predicted molar refractivity (Wildman–Crippen MR) is 127 cm³/mol. The van der Waals surface area contributed by atoms with Gasteiger partial charge in [0.15, 0.2) is 0 Å². The Balaban J connectivity index is 0.000000319. The van der Waals surface area contributed by atoms with Gasteiger partial charge in [-0.1, -0.05) is 25.7 Å². The summed E-state index contributed by atoms with van der Waals surface area (Å²) < 4.78 is 27.4. The summed E-state index contributed by atoms with van der Waals surface area (Å²) in [4.78, 5) is 12.2. The molecule has 1 heterocycles. The molecule has 0 spiro atoms. The molecule has 0 aromatic heterocycles. The highest BCUT2D eigenvalue weighted by Gasteiger charge is 2.39. The molecule has 35 heavy (non-hydrogen) atoms. The van der Waals surface area contributed by atoms with E-state index in [9.17, 15) is 4.79 Å². The Labute approximate surface area is 208 Å². The molecule has 10 heteroatoms. The van der Waals surface area contributed by atoms with Crippen LogP contribution in [0.1, 0.15) is 77.0 Å². The monoisotopic (exact) mass is 506 g/mol. The topological polar surface area (TPSA) is 147 Å². The Morgan fingerprint density at radius 3 is 1.29 bits per heavy atom. The Morgan fingerprint density at radius 1 is 0.571 bits per heavy atom. The minimum atomic E-state index is -0.677. The first-order valence-electron chi connectivity index (χ1n) is 13.3. The second-order valence-electron chi connectivity index (χ2n) is 9.34. The summed E-state index contributed by atoms with van der Waals surface area (Å²) in [5.74, 6) is 0. The molecule has 0 amide bonds. The summed E-state index contributed by atoms with van der Waals surface area (Å²) in [5, 5.41) is 33.0. The van der Waals surface area contributed by atoms with E-state index in [0.29, 0.717) is 12.2 Å². The highest BCUT2D eigenvalue weighted by atomic mass is 16.7. The van der Waals surface area contributed by atoms with Gasteiger partial charge in [0.2, 0.25) is 0 Å². The van der Waals surface area contributed by atoms with E-state index >= 15 is 0 Å². The number of epoxide rings is 1. The summed E-state index contributed by atoms with van der Waals surface area (Å²) >= 11 is 0. The third kappa shape index (κ3) is 12.2. The fourth-order valence-electron chi connectivity index (χ4n) is 4.84. The third-order valence-electron chi connectivity index (χ3n) is 6.64. The maximum atomic E-state index is 12.2. The van der Waals surface area contributed by atoms with Gasteiger partial charge < -0.3 is 44.1 Å². The summed E-state index contributed by atoms with van der Waals surface area (Å²) in [7, 11) is 0. The van der Waals surface area contributed by atoms with Gasteiger partial charge in [-0.25, -0.2) is 4.79 Å². The highest BCUT2D eigenvalue weighted by molar-refractivity contribution is 5.60. The van der Waals surface area contributed by atoms with Crippen molar-refractivity contribution in [2.24, 2.45) is 0 Å². The predicted octanol–water partition coefficient (Wildman–Crippen LogP) is 2.08. The second kappa shape index (κ2) is 18.3. The lowest BCUT2D eigenvalue weighted by Crippen LogP contribution is -2.40. The quantitative estimate of drug-likeness (QED) is 0.271. The van der Waals surface area contributed by atoms with Gasteiger partial charge in [0.05, 0.1) is 64.1 Å². The van der Waals surface area contributed by atoms with Gasteiger partial charge in [-0.05, 0) is 51.4 Å². The number of hydrogen-bond donors (Lipinski definition) is 4. The fourth-order valence-corrected chi connectivity index (χ4v) is 4.84. The zero-order valence-electron chi connectivity index (χ0n) is 20.9. The number of carbonyl (C=O) groups is 1. The van der Waals surface area contributed by atoms with Crippen LogP contribution in [0.5, 0.6) is 0 Å². The number of fused-ring (bicyclic) bond motifs is 1. The zero-order chi connectivity index (χ0) is 25.3. The number of ether oxygens (including phenoxy) is 5. The van der Waals surface area contributed by atoms with Crippen LogP contribution in [0.2, 0.25) is 0 Å². The zero-order valence-corrected chi connectivity index (χ0v) is 20.9. The molecule has 6 atom stereocenters. The number of aliphatic hydroxyl groups is 4. The van der Waals surface area contributed by atoms with Crippen molar-refractivity contribution < 1.29 is 48.9 Å². The minimum Gasteiger partial charge on any atom is -0.428 e. The van der Waals surface area contributed by atoms with Gasteiger partial charge in [0, 0.05) is 0 Å². The maximum absolute atomic E-state index is 12.2. The molecular formula is C25H46O10. The van der Waals surface area contributed by atoms with Gasteiger partial charge >= 0.3 is 6.16 Å². The van der Waals surface area contributed by atoms with Crippen LogP contribution in [0, 0.1) is 0 Å². The van der Waals surface area contributed by atoms with E-state index in [2.05, 4.69) is 0 Å². The molecular weight excluding hydrogens is 460 g/mol. The van der Waals surface area contributed by atoms with E-state index < -0.39 is 6.16 Å². The molecule has 3 aliphatic carbocycles. The molecule has 0 aromatic carbocycles. The highest BCUT2D eigenvalue weighted by Crippen LogP contribution is 2.35. The van der Waals surface area contributed by atoms with Crippen molar-refractivity contribution in [2.45, 2.75) is 114 Å². The van der Waals surface area contributed by atoms with Crippen molar-refractivity contribution >= 4 is 6.16 Å². The van der Waals surface area contributed by atoms with E-state index in [4.69, 9.17) is 44.1 Å². The molecule has 6 unspecified atom stereocenters. The van der Waals surface area contributed by atoms with Crippen molar-refractivity contribution in [1.82, 2.24) is 0 Å². The summed E-state index contributed by atoms with van der Waals surface area (Å²) in [5.41, 5.74) is 0. The average Bonchev–Trinajstić information content (AvgIpc) is 3.68. The van der Waals surface area contributed by atoms with Crippen molar-refractivity contribution in [3.63, 3.8) is 0 Å². The molecule has 3 saturated carbocycles. The van der Waals surface area contributed by atoms with Crippen molar-refractivity contribution in [3.05, 3.63) is 0 Å². The number of rotatable bonds is 9. The summed E-state index contributed by atoms with van der Waals surface area (Å²) in [6, 6.07) is 0. The standard InChI is InChI=1S/C17H30O7.C6H10O.C2H6O2/c18-9-11-21-13-5-1-3-7-15(13)23-17(20)24-16-8-4-2-6-14(16)22-12-10-19;1-2-4-6-5(3-1)7-6;3-1-2-4/h13-16,18-19H,1-12H2;5-6H,1-4H2;3-4H,1-2H2. The molecule has 10 nitrogen and oxygen atoms in total. The number of hydrogen-bond acceptors (Lipinski definition) is 10. The van der Waals surface area contributed by atoms with E-state index in [1.165, 1.54) is 25.7 Å². The third-order valence-corrected chi connectivity index (χ3v) is 6.64. The summed E-state index contributed by atoms with van der Waals surface area (Å²) in [6.07, 6.45) is 12.4. The Kier molecular flexibility index (Phi) is 15.8. The van der Waals surface area contributed by atoms with Gasteiger partial charge in [-0.2, -0.15) is 0 Å². The lowest BCUT2D eigenvalue weighted by molar-refractivity contribution is -0.115. The van der Waals surface area contributed by atoms with Crippen molar-refractivity contribution in [2.75, 3.05) is 39.6 Å².